The van der Waals surface area contributed by atoms with Crippen molar-refractivity contribution in [1.29, 1.82) is 5.26 Å². The first-order valence-corrected chi connectivity index (χ1v) is 6.92. The maximum absolute atomic E-state index is 9.21. The van der Waals surface area contributed by atoms with Gasteiger partial charge in [0, 0.05) is 18.1 Å². The highest BCUT2D eigenvalue weighted by molar-refractivity contribution is 5.96. The molecule has 2 aromatic rings. The van der Waals surface area contributed by atoms with Crippen molar-refractivity contribution in [2.45, 2.75) is 32.6 Å². The van der Waals surface area contributed by atoms with E-state index in [1.807, 2.05) is 6.92 Å². The van der Waals surface area contributed by atoms with Crippen LogP contribution in [0.1, 0.15) is 36.5 Å². The Labute approximate surface area is 113 Å². The second kappa shape index (κ2) is 4.89. The van der Waals surface area contributed by atoms with E-state index in [1.54, 1.807) is 6.20 Å². The molecule has 96 valence electrons. The molecule has 0 fully saturated rings. The molecule has 1 aromatic carbocycles. The van der Waals surface area contributed by atoms with E-state index in [-0.39, 0.29) is 0 Å². The lowest BCUT2D eigenvalue weighted by Gasteiger charge is -2.19. The third-order valence-electron chi connectivity index (χ3n) is 3.84. The van der Waals surface area contributed by atoms with Gasteiger partial charge in [0.15, 0.2) is 0 Å². The Morgan fingerprint density at radius 2 is 2.16 bits per heavy atom. The van der Waals surface area contributed by atoms with E-state index in [0.717, 1.165) is 36.0 Å². The molecule has 0 bridgehead atoms. The number of benzene rings is 1. The first-order valence-electron chi connectivity index (χ1n) is 6.92. The van der Waals surface area contributed by atoms with Gasteiger partial charge in [-0.1, -0.05) is 12.1 Å². The lowest BCUT2D eigenvalue weighted by atomic mass is 9.89. The highest BCUT2D eigenvalue weighted by Crippen LogP contribution is 2.32. The van der Waals surface area contributed by atoms with Gasteiger partial charge in [0.1, 0.15) is 6.07 Å². The Morgan fingerprint density at radius 1 is 1.32 bits per heavy atom. The number of rotatable bonds is 2. The van der Waals surface area contributed by atoms with Crippen molar-refractivity contribution < 1.29 is 0 Å². The van der Waals surface area contributed by atoms with Crippen molar-refractivity contribution in [2.24, 2.45) is 0 Å². The minimum absolute atomic E-state index is 0.630. The number of pyridine rings is 1. The number of aryl methyl sites for hydroxylation is 2. The zero-order chi connectivity index (χ0) is 13.2. The second-order valence-electron chi connectivity index (χ2n) is 5.00. The Balaban J connectivity index is 2.29. The average molecular weight is 251 g/mol. The van der Waals surface area contributed by atoms with Crippen molar-refractivity contribution in [3.05, 3.63) is 35.0 Å². The molecule has 19 heavy (non-hydrogen) atoms. The molecule has 0 saturated carbocycles. The molecule has 1 heterocycles. The Morgan fingerprint density at radius 3 is 2.95 bits per heavy atom. The van der Waals surface area contributed by atoms with Gasteiger partial charge in [-0.15, -0.1) is 0 Å². The van der Waals surface area contributed by atoms with E-state index < -0.39 is 0 Å². The molecule has 1 aromatic heterocycles. The normalized spacial score (nSPS) is 13.9. The first kappa shape index (κ1) is 12.0. The summed E-state index contributed by atoms with van der Waals surface area (Å²) in [6.07, 6.45) is 6.48. The molecule has 3 rings (SSSR count). The van der Waals surface area contributed by atoms with E-state index in [0.29, 0.717) is 5.56 Å². The number of hydrogen-bond acceptors (Lipinski definition) is 3. The molecular formula is C16H17N3. The molecule has 3 nitrogen and oxygen atoms in total. The summed E-state index contributed by atoms with van der Waals surface area (Å²) >= 11 is 0. The van der Waals surface area contributed by atoms with Gasteiger partial charge in [0.05, 0.1) is 16.8 Å². The number of nitrogens with zero attached hydrogens (tertiary/aromatic N) is 2. The van der Waals surface area contributed by atoms with Crippen molar-refractivity contribution in [3.8, 4) is 6.07 Å². The van der Waals surface area contributed by atoms with Crippen LogP contribution in [0.4, 0.5) is 5.69 Å². The van der Waals surface area contributed by atoms with E-state index in [9.17, 15) is 5.26 Å². The highest BCUT2D eigenvalue weighted by Gasteiger charge is 2.16. The molecule has 0 aliphatic heterocycles. The van der Waals surface area contributed by atoms with Gasteiger partial charge in [-0.25, -0.2) is 0 Å². The third-order valence-corrected chi connectivity index (χ3v) is 3.84. The zero-order valence-corrected chi connectivity index (χ0v) is 11.2. The topological polar surface area (TPSA) is 48.7 Å². The van der Waals surface area contributed by atoms with Crippen LogP contribution in [-0.4, -0.2) is 11.5 Å². The van der Waals surface area contributed by atoms with E-state index >= 15 is 0 Å². The van der Waals surface area contributed by atoms with E-state index in [1.165, 1.54) is 24.0 Å². The highest BCUT2D eigenvalue weighted by atomic mass is 14.9. The Bertz CT molecular complexity index is 668. The van der Waals surface area contributed by atoms with Gasteiger partial charge in [0.2, 0.25) is 0 Å². The zero-order valence-electron chi connectivity index (χ0n) is 11.2. The summed E-state index contributed by atoms with van der Waals surface area (Å²) in [6, 6.07) is 6.55. The SMILES string of the molecule is CCNc1c(C#N)cnc2c3c(ccc12)CCCC3. The molecule has 0 saturated heterocycles. The summed E-state index contributed by atoms with van der Waals surface area (Å²) in [6.45, 7) is 2.86. The number of fused-ring (bicyclic) bond motifs is 3. The largest absolute Gasteiger partial charge is 0.384 e. The van der Waals surface area contributed by atoms with Crippen LogP contribution >= 0.6 is 0 Å². The van der Waals surface area contributed by atoms with Crippen LogP contribution in [-0.2, 0) is 12.8 Å². The molecule has 0 amide bonds. The molecule has 1 N–H and O–H groups in total. The molecule has 1 aliphatic carbocycles. The predicted octanol–water partition coefficient (Wildman–Crippen LogP) is 3.42. The average Bonchev–Trinajstić information content (AvgIpc) is 2.47. The van der Waals surface area contributed by atoms with Gasteiger partial charge in [0.25, 0.3) is 0 Å². The summed E-state index contributed by atoms with van der Waals surface area (Å²) < 4.78 is 0. The standard InChI is InChI=1S/C16H17N3/c1-2-18-15-12(9-17)10-19-16-13-6-4-3-5-11(13)7-8-14(15)16/h7-8,10H,2-6H2,1H3,(H,18,19). The Hall–Kier alpha value is -2.08. The fourth-order valence-electron chi connectivity index (χ4n) is 2.95. The number of hydrogen-bond donors (Lipinski definition) is 1. The van der Waals surface area contributed by atoms with Crippen LogP contribution in [0.5, 0.6) is 0 Å². The predicted molar refractivity (Wildman–Crippen MR) is 77.3 cm³/mol. The number of aromatic nitrogens is 1. The molecule has 0 unspecified atom stereocenters. The lowest BCUT2D eigenvalue weighted by Crippen LogP contribution is -2.06. The molecular weight excluding hydrogens is 234 g/mol. The van der Waals surface area contributed by atoms with Gasteiger partial charge in [-0.3, -0.25) is 4.98 Å². The van der Waals surface area contributed by atoms with Crippen molar-refractivity contribution in [1.82, 2.24) is 4.98 Å². The van der Waals surface area contributed by atoms with E-state index in [4.69, 9.17) is 0 Å². The summed E-state index contributed by atoms with van der Waals surface area (Å²) in [7, 11) is 0. The van der Waals surface area contributed by atoms with Crippen LogP contribution in [0.3, 0.4) is 0 Å². The van der Waals surface area contributed by atoms with Crippen LogP contribution in [0.25, 0.3) is 10.9 Å². The van der Waals surface area contributed by atoms with Crippen molar-refractivity contribution >= 4 is 16.6 Å². The summed E-state index contributed by atoms with van der Waals surface area (Å²) in [5.41, 5.74) is 5.45. The minimum Gasteiger partial charge on any atom is -0.384 e. The smallest absolute Gasteiger partial charge is 0.103 e. The quantitative estimate of drug-likeness (QED) is 0.889. The molecule has 0 radical (unpaired) electrons. The number of anilines is 1. The maximum Gasteiger partial charge on any atom is 0.103 e. The van der Waals surface area contributed by atoms with Crippen molar-refractivity contribution in [2.75, 3.05) is 11.9 Å². The summed E-state index contributed by atoms with van der Waals surface area (Å²) in [5, 5.41) is 13.6. The van der Waals surface area contributed by atoms with Crippen molar-refractivity contribution in [3.63, 3.8) is 0 Å². The van der Waals surface area contributed by atoms with Crippen LogP contribution in [0.2, 0.25) is 0 Å². The van der Waals surface area contributed by atoms with Crippen LogP contribution in [0, 0.1) is 11.3 Å². The summed E-state index contributed by atoms with van der Waals surface area (Å²) in [4.78, 5) is 4.55. The molecule has 1 aliphatic rings. The van der Waals surface area contributed by atoms with Gasteiger partial charge < -0.3 is 5.32 Å². The monoisotopic (exact) mass is 251 g/mol. The number of nitrogens with one attached hydrogen (secondary N) is 1. The summed E-state index contributed by atoms with van der Waals surface area (Å²) in [5.74, 6) is 0. The van der Waals surface area contributed by atoms with Crippen LogP contribution in [0.15, 0.2) is 18.3 Å². The first-order chi connectivity index (χ1) is 9.35. The molecule has 0 spiro atoms. The fraction of sp³-hybridized carbons (Fsp3) is 0.375. The Kier molecular flexibility index (Phi) is 3.08. The van der Waals surface area contributed by atoms with Gasteiger partial charge in [-0.05, 0) is 43.7 Å². The van der Waals surface area contributed by atoms with E-state index in [2.05, 4.69) is 28.5 Å². The van der Waals surface area contributed by atoms with Gasteiger partial charge in [-0.2, -0.15) is 5.26 Å². The second-order valence-corrected chi connectivity index (χ2v) is 5.00. The fourth-order valence-corrected chi connectivity index (χ4v) is 2.95. The lowest BCUT2D eigenvalue weighted by molar-refractivity contribution is 0.689. The molecule has 3 heteroatoms. The van der Waals surface area contributed by atoms with Crippen LogP contribution < -0.4 is 5.32 Å². The minimum atomic E-state index is 0.630. The van der Waals surface area contributed by atoms with Gasteiger partial charge >= 0.3 is 0 Å². The number of nitriles is 1. The maximum atomic E-state index is 9.21. The molecule has 0 atom stereocenters. The third kappa shape index (κ3) is 1.94.